The highest BCUT2D eigenvalue weighted by Gasteiger charge is 2.18. The van der Waals surface area contributed by atoms with Gasteiger partial charge in [-0.2, -0.15) is 0 Å². The molecule has 0 spiro atoms. The van der Waals surface area contributed by atoms with Crippen molar-refractivity contribution in [1.29, 1.82) is 0 Å². The number of furan rings is 1. The highest BCUT2D eigenvalue weighted by Crippen LogP contribution is 2.30. The number of hydrogen-bond donors (Lipinski definition) is 2. The Balaban J connectivity index is 1.56. The van der Waals surface area contributed by atoms with Crippen LogP contribution in [0.2, 0.25) is 0 Å². The maximum absolute atomic E-state index is 5.95. The molecular weight excluding hydrogens is 276 g/mol. The fourth-order valence-corrected chi connectivity index (χ4v) is 2.73. The lowest BCUT2D eigenvalue weighted by Crippen LogP contribution is -2.30. The topological polar surface area (TPSA) is 46.4 Å². The summed E-state index contributed by atoms with van der Waals surface area (Å²) in [5.74, 6) is 1.94. The van der Waals surface area contributed by atoms with Crippen LogP contribution in [-0.4, -0.2) is 18.7 Å². The monoisotopic (exact) mass is 300 g/mol. The number of hydrogen-bond acceptors (Lipinski definition) is 4. The van der Waals surface area contributed by atoms with Crippen LogP contribution in [0, 0.1) is 0 Å². The zero-order valence-corrected chi connectivity index (χ0v) is 13.3. The molecule has 0 saturated carbocycles. The third-order valence-corrected chi connectivity index (χ3v) is 4.06. The maximum Gasteiger partial charge on any atom is 0.142 e. The summed E-state index contributed by atoms with van der Waals surface area (Å²) >= 11 is 0. The predicted octanol–water partition coefficient (Wildman–Crippen LogP) is 3.58. The SMILES string of the molecule is CCC1CNc2cc(CC(C)NCc3ccco3)ccc2O1. The van der Waals surface area contributed by atoms with Crippen molar-refractivity contribution in [2.75, 3.05) is 11.9 Å². The number of nitrogens with one attached hydrogen (secondary N) is 2. The van der Waals surface area contributed by atoms with Crippen LogP contribution >= 0.6 is 0 Å². The molecule has 2 heterocycles. The second kappa shape index (κ2) is 6.88. The number of rotatable bonds is 6. The van der Waals surface area contributed by atoms with Crippen molar-refractivity contribution in [1.82, 2.24) is 5.32 Å². The first-order valence-corrected chi connectivity index (χ1v) is 8.04. The molecule has 1 aromatic carbocycles. The number of benzene rings is 1. The molecule has 2 aromatic rings. The van der Waals surface area contributed by atoms with Gasteiger partial charge in [0.1, 0.15) is 17.6 Å². The Labute approximate surface area is 131 Å². The van der Waals surface area contributed by atoms with Crippen LogP contribution in [0.25, 0.3) is 0 Å². The van der Waals surface area contributed by atoms with E-state index >= 15 is 0 Å². The van der Waals surface area contributed by atoms with Crippen LogP contribution in [-0.2, 0) is 13.0 Å². The second-order valence-electron chi connectivity index (χ2n) is 5.92. The fourth-order valence-electron chi connectivity index (χ4n) is 2.73. The fraction of sp³-hybridized carbons (Fsp3) is 0.444. The average Bonchev–Trinajstić information content (AvgIpc) is 3.06. The molecule has 0 amide bonds. The van der Waals surface area contributed by atoms with Crippen LogP contribution in [0.15, 0.2) is 41.0 Å². The summed E-state index contributed by atoms with van der Waals surface area (Å²) in [6.07, 6.45) is 4.00. The number of fused-ring (bicyclic) bond motifs is 1. The first-order valence-electron chi connectivity index (χ1n) is 8.04. The van der Waals surface area contributed by atoms with Crippen molar-refractivity contribution in [2.24, 2.45) is 0 Å². The molecule has 2 unspecified atom stereocenters. The summed E-state index contributed by atoms with van der Waals surface area (Å²) in [7, 11) is 0. The highest BCUT2D eigenvalue weighted by molar-refractivity contribution is 5.59. The second-order valence-corrected chi connectivity index (χ2v) is 5.92. The highest BCUT2D eigenvalue weighted by atomic mass is 16.5. The van der Waals surface area contributed by atoms with E-state index in [1.54, 1.807) is 6.26 Å². The van der Waals surface area contributed by atoms with Crippen molar-refractivity contribution in [3.05, 3.63) is 47.9 Å². The Morgan fingerprint density at radius 1 is 1.36 bits per heavy atom. The number of ether oxygens (including phenoxy) is 1. The maximum atomic E-state index is 5.95. The van der Waals surface area contributed by atoms with Gasteiger partial charge in [-0.25, -0.2) is 0 Å². The van der Waals surface area contributed by atoms with Gasteiger partial charge < -0.3 is 19.8 Å². The van der Waals surface area contributed by atoms with E-state index in [0.29, 0.717) is 6.04 Å². The molecule has 1 aliphatic rings. The van der Waals surface area contributed by atoms with Crippen LogP contribution in [0.1, 0.15) is 31.6 Å². The lowest BCUT2D eigenvalue weighted by atomic mass is 10.0. The van der Waals surface area contributed by atoms with Crippen molar-refractivity contribution in [3.8, 4) is 5.75 Å². The van der Waals surface area contributed by atoms with Gasteiger partial charge >= 0.3 is 0 Å². The van der Waals surface area contributed by atoms with E-state index in [9.17, 15) is 0 Å². The third kappa shape index (κ3) is 3.63. The van der Waals surface area contributed by atoms with Gasteiger partial charge in [-0.15, -0.1) is 0 Å². The van der Waals surface area contributed by atoms with E-state index in [1.165, 1.54) is 5.56 Å². The van der Waals surface area contributed by atoms with Gasteiger partial charge in [0.05, 0.1) is 25.0 Å². The summed E-state index contributed by atoms with van der Waals surface area (Å²) in [6.45, 7) is 6.00. The van der Waals surface area contributed by atoms with Gasteiger partial charge in [-0.05, 0) is 49.6 Å². The standard InChI is InChI=1S/C18H24N2O2/c1-3-15-11-20-17-10-14(6-7-18(17)22-15)9-13(2)19-12-16-5-4-8-21-16/h4-8,10,13,15,19-20H,3,9,11-12H2,1-2H3. The molecule has 4 heteroatoms. The van der Waals surface area contributed by atoms with Gasteiger partial charge in [0, 0.05) is 6.04 Å². The molecule has 0 fully saturated rings. The minimum atomic E-state index is 0.284. The summed E-state index contributed by atoms with van der Waals surface area (Å²) in [5, 5.41) is 6.96. The molecular formula is C18H24N2O2. The normalized spacial score (nSPS) is 18.2. The van der Waals surface area contributed by atoms with Gasteiger partial charge in [0.25, 0.3) is 0 Å². The lowest BCUT2D eigenvalue weighted by molar-refractivity contribution is 0.202. The Hall–Kier alpha value is -1.94. The quantitative estimate of drug-likeness (QED) is 0.856. The Bertz CT molecular complexity index is 595. The van der Waals surface area contributed by atoms with Crippen molar-refractivity contribution in [2.45, 2.75) is 45.4 Å². The van der Waals surface area contributed by atoms with E-state index in [2.05, 4.69) is 42.7 Å². The molecule has 0 aliphatic carbocycles. The van der Waals surface area contributed by atoms with Gasteiger partial charge in [0.2, 0.25) is 0 Å². The molecule has 0 bridgehead atoms. The zero-order valence-electron chi connectivity index (χ0n) is 13.3. The summed E-state index contributed by atoms with van der Waals surface area (Å²) in [5.41, 5.74) is 2.42. The van der Waals surface area contributed by atoms with E-state index in [4.69, 9.17) is 9.15 Å². The van der Waals surface area contributed by atoms with Crippen molar-refractivity contribution >= 4 is 5.69 Å². The van der Waals surface area contributed by atoms with Crippen LogP contribution in [0.5, 0.6) is 5.75 Å². The molecule has 2 atom stereocenters. The summed E-state index contributed by atoms with van der Waals surface area (Å²) < 4.78 is 11.3. The zero-order chi connectivity index (χ0) is 15.4. The smallest absolute Gasteiger partial charge is 0.142 e. The first-order chi connectivity index (χ1) is 10.7. The van der Waals surface area contributed by atoms with E-state index in [-0.39, 0.29) is 6.10 Å². The molecule has 4 nitrogen and oxygen atoms in total. The molecule has 0 radical (unpaired) electrons. The predicted molar refractivity (Wildman–Crippen MR) is 88.4 cm³/mol. The van der Waals surface area contributed by atoms with E-state index in [0.717, 1.165) is 43.1 Å². The van der Waals surface area contributed by atoms with Crippen LogP contribution < -0.4 is 15.4 Å². The van der Waals surface area contributed by atoms with Crippen molar-refractivity contribution < 1.29 is 9.15 Å². The van der Waals surface area contributed by atoms with Gasteiger partial charge in [-0.3, -0.25) is 0 Å². The molecule has 3 rings (SSSR count). The summed E-state index contributed by atoms with van der Waals surface area (Å²) in [4.78, 5) is 0. The largest absolute Gasteiger partial charge is 0.486 e. The van der Waals surface area contributed by atoms with E-state index < -0.39 is 0 Å². The minimum Gasteiger partial charge on any atom is -0.486 e. The molecule has 0 saturated heterocycles. The van der Waals surface area contributed by atoms with Crippen molar-refractivity contribution in [3.63, 3.8) is 0 Å². The lowest BCUT2D eigenvalue weighted by Gasteiger charge is -2.27. The Kier molecular flexibility index (Phi) is 4.68. The van der Waals surface area contributed by atoms with Crippen LogP contribution in [0.4, 0.5) is 5.69 Å². The molecule has 22 heavy (non-hydrogen) atoms. The first kappa shape index (κ1) is 15.0. The molecule has 118 valence electrons. The molecule has 1 aliphatic heterocycles. The Morgan fingerprint density at radius 3 is 3.05 bits per heavy atom. The van der Waals surface area contributed by atoms with Crippen LogP contribution in [0.3, 0.4) is 0 Å². The Morgan fingerprint density at radius 2 is 2.27 bits per heavy atom. The molecule has 2 N–H and O–H groups in total. The average molecular weight is 300 g/mol. The van der Waals surface area contributed by atoms with Gasteiger partial charge in [-0.1, -0.05) is 13.0 Å². The minimum absolute atomic E-state index is 0.284. The molecule has 1 aromatic heterocycles. The summed E-state index contributed by atoms with van der Waals surface area (Å²) in [6, 6.07) is 10.7. The third-order valence-electron chi connectivity index (χ3n) is 4.06. The number of anilines is 1. The van der Waals surface area contributed by atoms with E-state index in [1.807, 2.05) is 12.1 Å². The van der Waals surface area contributed by atoms with Gasteiger partial charge in [0.15, 0.2) is 0 Å².